The van der Waals surface area contributed by atoms with Crippen LogP contribution >= 0.6 is 12.4 Å². The van der Waals surface area contributed by atoms with Gasteiger partial charge in [-0.05, 0) is 23.8 Å². The minimum absolute atomic E-state index is 0. The Balaban J connectivity index is 0.00000210. The Morgan fingerprint density at radius 3 is 2.63 bits per heavy atom. The third-order valence-electron chi connectivity index (χ3n) is 5.24. The zero-order chi connectivity index (χ0) is 18.4. The third-order valence-corrected chi connectivity index (χ3v) is 5.24. The van der Waals surface area contributed by atoms with E-state index < -0.39 is 0 Å². The number of hydrogen-bond acceptors (Lipinski definition) is 4. The number of carbonyl (C=O) groups excluding carboxylic acids is 1. The minimum Gasteiger partial charge on any atom is -0.326 e. The molecule has 1 aliphatic rings. The van der Waals surface area contributed by atoms with E-state index in [4.69, 9.17) is 0 Å². The van der Waals surface area contributed by atoms with Crippen molar-refractivity contribution in [2.75, 3.05) is 18.4 Å². The van der Waals surface area contributed by atoms with Crippen LogP contribution < -0.4 is 16.3 Å². The zero-order valence-corrected chi connectivity index (χ0v) is 16.3. The number of aryl methyl sites for hydroxylation is 3. The average molecular weight is 391 g/mol. The number of nitrogens with zero attached hydrogens (tertiary/aromatic N) is 4. The van der Waals surface area contributed by atoms with E-state index in [9.17, 15) is 9.59 Å². The molecule has 8 nitrogen and oxygen atoms in total. The molecule has 0 bridgehead atoms. The first-order valence-corrected chi connectivity index (χ1v) is 8.61. The second kappa shape index (κ2) is 7.21. The molecule has 0 unspecified atom stereocenters. The smallest absolute Gasteiger partial charge is 0.326 e. The van der Waals surface area contributed by atoms with Gasteiger partial charge in [-0.25, -0.2) is 4.79 Å². The number of benzene rings is 1. The van der Waals surface area contributed by atoms with Crippen LogP contribution in [0.2, 0.25) is 0 Å². The molecule has 9 heteroatoms. The van der Waals surface area contributed by atoms with Gasteiger partial charge in [0.15, 0.2) is 0 Å². The minimum atomic E-state index is -0.158. The van der Waals surface area contributed by atoms with E-state index in [2.05, 4.69) is 15.7 Å². The van der Waals surface area contributed by atoms with E-state index in [0.29, 0.717) is 12.2 Å². The summed E-state index contributed by atoms with van der Waals surface area (Å²) < 4.78 is 4.94. The lowest BCUT2D eigenvalue weighted by atomic mass is 9.90. The molecule has 3 aromatic rings. The predicted molar refractivity (Wildman–Crippen MR) is 106 cm³/mol. The van der Waals surface area contributed by atoms with Crippen LogP contribution in [0.15, 0.2) is 35.4 Å². The molecular formula is C18H23ClN6O2. The molecule has 0 spiro atoms. The number of nitrogens with one attached hydrogen (secondary N) is 2. The summed E-state index contributed by atoms with van der Waals surface area (Å²) in [5.74, 6) is -0.0767. The fourth-order valence-electron chi connectivity index (χ4n) is 3.76. The third kappa shape index (κ3) is 3.26. The maximum atomic E-state index is 12.8. The topological polar surface area (TPSA) is 85.9 Å². The van der Waals surface area contributed by atoms with Gasteiger partial charge in [-0.3, -0.25) is 18.6 Å². The van der Waals surface area contributed by atoms with E-state index in [1.54, 1.807) is 27.9 Å². The Bertz CT molecular complexity index is 1050. The van der Waals surface area contributed by atoms with Crippen LogP contribution in [-0.2, 0) is 25.9 Å². The first kappa shape index (κ1) is 19.2. The van der Waals surface area contributed by atoms with E-state index in [-0.39, 0.29) is 35.8 Å². The van der Waals surface area contributed by atoms with Crippen molar-refractivity contribution >= 4 is 35.0 Å². The summed E-state index contributed by atoms with van der Waals surface area (Å²) in [6.07, 6.45) is 3.79. The molecule has 0 radical (unpaired) electrons. The molecule has 1 aromatic carbocycles. The van der Waals surface area contributed by atoms with Crippen molar-refractivity contribution in [2.24, 2.45) is 27.1 Å². The molecule has 0 saturated carbocycles. The Kier molecular flexibility index (Phi) is 5.12. The van der Waals surface area contributed by atoms with E-state index in [1.165, 1.54) is 0 Å². The van der Waals surface area contributed by atoms with Crippen LogP contribution in [0.1, 0.15) is 11.5 Å². The van der Waals surface area contributed by atoms with Gasteiger partial charge in [-0.2, -0.15) is 5.10 Å². The number of rotatable bonds is 3. The largest absolute Gasteiger partial charge is 0.328 e. The van der Waals surface area contributed by atoms with Crippen LogP contribution in [0.5, 0.6) is 0 Å². The summed E-state index contributed by atoms with van der Waals surface area (Å²) in [6.45, 7) is 1.40. The van der Waals surface area contributed by atoms with Crippen molar-refractivity contribution < 1.29 is 4.79 Å². The molecule has 144 valence electrons. The fraction of sp³-hybridized carbons (Fsp3) is 0.389. The summed E-state index contributed by atoms with van der Waals surface area (Å²) in [7, 11) is 5.35. The van der Waals surface area contributed by atoms with Crippen molar-refractivity contribution in [3.8, 4) is 0 Å². The monoisotopic (exact) mass is 390 g/mol. The van der Waals surface area contributed by atoms with Crippen LogP contribution in [0, 0.1) is 5.92 Å². The number of aromatic nitrogens is 4. The Hall–Kier alpha value is -2.58. The number of amides is 1. The van der Waals surface area contributed by atoms with Crippen molar-refractivity contribution in [2.45, 2.75) is 5.92 Å². The molecule has 2 atom stereocenters. The molecule has 2 N–H and O–H groups in total. The summed E-state index contributed by atoms with van der Waals surface area (Å²) >= 11 is 0. The Morgan fingerprint density at radius 1 is 1.19 bits per heavy atom. The van der Waals surface area contributed by atoms with Gasteiger partial charge in [-0.1, -0.05) is 0 Å². The van der Waals surface area contributed by atoms with Crippen molar-refractivity contribution in [1.82, 2.24) is 24.2 Å². The highest BCUT2D eigenvalue weighted by molar-refractivity contribution is 5.95. The zero-order valence-electron chi connectivity index (χ0n) is 15.5. The van der Waals surface area contributed by atoms with Crippen LogP contribution in [0.25, 0.3) is 11.0 Å². The SMILES string of the molecule is Cl.Cn1cc([C@H]2CNC[C@@H]2C(=O)Nc2ccc3c(c2)n(C)c(=O)n3C)cn1. The van der Waals surface area contributed by atoms with Crippen LogP contribution in [-0.4, -0.2) is 37.9 Å². The summed E-state index contributed by atoms with van der Waals surface area (Å²) in [5.41, 5.74) is 3.31. The normalized spacial score (nSPS) is 19.2. The first-order valence-electron chi connectivity index (χ1n) is 8.61. The molecule has 4 rings (SSSR count). The molecule has 1 aliphatic heterocycles. The number of anilines is 1. The molecule has 0 aliphatic carbocycles. The van der Waals surface area contributed by atoms with Gasteiger partial charge >= 0.3 is 5.69 Å². The van der Waals surface area contributed by atoms with Crippen LogP contribution in [0.3, 0.4) is 0 Å². The van der Waals surface area contributed by atoms with E-state index in [0.717, 1.165) is 23.1 Å². The average Bonchev–Trinajstić information content (AvgIpc) is 3.32. The lowest BCUT2D eigenvalue weighted by Gasteiger charge is -2.17. The number of carbonyl (C=O) groups is 1. The summed E-state index contributed by atoms with van der Waals surface area (Å²) in [4.78, 5) is 24.9. The first-order chi connectivity index (χ1) is 12.5. The van der Waals surface area contributed by atoms with Gasteiger partial charge in [0.05, 0.1) is 23.1 Å². The standard InChI is InChI=1S/C18H22N6O2.ClH/c1-22-10-11(7-20-22)13-8-19-9-14(13)17(25)21-12-4-5-15-16(6-12)24(3)18(26)23(15)2;/h4-7,10,13-14,19H,8-9H2,1-3H3,(H,21,25);1H/t13-,14+;/m1./s1. The number of imidazole rings is 1. The lowest BCUT2D eigenvalue weighted by Crippen LogP contribution is -2.28. The van der Waals surface area contributed by atoms with Gasteiger partial charge in [-0.15, -0.1) is 12.4 Å². The molecule has 1 amide bonds. The highest BCUT2D eigenvalue weighted by Crippen LogP contribution is 2.29. The molecule has 2 aromatic heterocycles. The molecular weight excluding hydrogens is 368 g/mol. The second-order valence-corrected chi connectivity index (χ2v) is 6.91. The van der Waals surface area contributed by atoms with E-state index >= 15 is 0 Å². The number of halogens is 1. The summed E-state index contributed by atoms with van der Waals surface area (Å²) in [6, 6.07) is 5.54. The van der Waals surface area contributed by atoms with Crippen molar-refractivity contribution in [1.29, 1.82) is 0 Å². The van der Waals surface area contributed by atoms with Gasteiger partial charge in [0.1, 0.15) is 0 Å². The van der Waals surface area contributed by atoms with Gasteiger partial charge in [0.2, 0.25) is 5.91 Å². The van der Waals surface area contributed by atoms with Crippen molar-refractivity contribution in [3.63, 3.8) is 0 Å². The highest BCUT2D eigenvalue weighted by atomic mass is 35.5. The quantitative estimate of drug-likeness (QED) is 0.698. The number of fused-ring (bicyclic) bond motifs is 1. The predicted octanol–water partition coefficient (Wildman–Crippen LogP) is 0.974. The maximum Gasteiger partial charge on any atom is 0.328 e. The Morgan fingerprint density at radius 2 is 1.93 bits per heavy atom. The summed E-state index contributed by atoms with van der Waals surface area (Å²) in [5, 5.41) is 10.5. The van der Waals surface area contributed by atoms with Crippen LogP contribution in [0.4, 0.5) is 5.69 Å². The second-order valence-electron chi connectivity index (χ2n) is 6.91. The molecule has 1 saturated heterocycles. The van der Waals surface area contributed by atoms with E-state index in [1.807, 2.05) is 37.6 Å². The fourth-order valence-corrected chi connectivity index (χ4v) is 3.76. The molecule has 1 fully saturated rings. The Labute approximate surface area is 162 Å². The van der Waals surface area contributed by atoms with Crippen molar-refractivity contribution in [3.05, 3.63) is 46.6 Å². The van der Waals surface area contributed by atoms with Gasteiger partial charge in [0, 0.05) is 52.0 Å². The number of hydrogen-bond donors (Lipinski definition) is 2. The lowest BCUT2D eigenvalue weighted by molar-refractivity contribution is -0.119. The molecule has 3 heterocycles. The van der Waals surface area contributed by atoms with Gasteiger partial charge in [0.25, 0.3) is 0 Å². The van der Waals surface area contributed by atoms with Gasteiger partial charge < -0.3 is 10.6 Å². The molecule has 27 heavy (non-hydrogen) atoms. The maximum absolute atomic E-state index is 12.8. The highest BCUT2D eigenvalue weighted by Gasteiger charge is 2.34.